The molecule has 2 aromatic heterocycles. The fraction of sp³-hybridized carbons (Fsp3) is 0.571. The van der Waals surface area contributed by atoms with E-state index in [4.69, 9.17) is 9.47 Å². The Morgan fingerprint density at radius 3 is 2.68 bits per heavy atom. The summed E-state index contributed by atoms with van der Waals surface area (Å²) >= 11 is 0. The van der Waals surface area contributed by atoms with Crippen LogP contribution in [-0.4, -0.2) is 60.4 Å². The van der Waals surface area contributed by atoms with Crippen LogP contribution in [0, 0.1) is 12.8 Å². The highest BCUT2D eigenvalue weighted by molar-refractivity contribution is 5.97. The maximum absolute atomic E-state index is 13.0. The lowest BCUT2D eigenvalue weighted by Gasteiger charge is -2.32. The first-order valence-corrected chi connectivity index (χ1v) is 9.92. The molecule has 7 heteroatoms. The Kier molecular flexibility index (Phi) is 6.80. The van der Waals surface area contributed by atoms with Crippen molar-refractivity contribution in [3.8, 4) is 0 Å². The van der Waals surface area contributed by atoms with Crippen molar-refractivity contribution in [1.82, 2.24) is 14.5 Å². The fourth-order valence-corrected chi connectivity index (χ4v) is 3.62. The molecule has 0 saturated carbocycles. The highest BCUT2D eigenvalue weighted by Crippen LogP contribution is 2.20. The van der Waals surface area contributed by atoms with Crippen LogP contribution in [0.5, 0.6) is 0 Å². The number of hydrogen-bond donors (Lipinski definition) is 0. The number of methoxy groups -OCH3 is 1. The van der Waals surface area contributed by atoms with E-state index in [1.54, 1.807) is 24.3 Å². The molecule has 0 aromatic carbocycles. The molecule has 0 N–H and O–H groups in total. The van der Waals surface area contributed by atoms with E-state index in [1.807, 2.05) is 24.5 Å². The molecule has 1 saturated heterocycles. The highest BCUT2D eigenvalue weighted by Gasteiger charge is 2.26. The van der Waals surface area contributed by atoms with Gasteiger partial charge in [0, 0.05) is 45.2 Å². The summed E-state index contributed by atoms with van der Waals surface area (Å²) in [5.74, 6) is 0.255. The van der Waals surface area contributed by atoms with Gasteiger partial charge in [0.25, 0.3) is 5.91 Å². The Balaban J connectivity index is 1.73. The maximum Gasteiger partial charge on any atom is 0.259 e. The van der Waals surface area contributed by atoms with Crippen LogP contribution < -0.4 is 5.43 Å². The second-order valence-corrected chi connectivity index (χ2v) is 7.29. The lowest BCUT2D eigenvalue weighted by molar-refractivity contribution is 0.0327. The zero-order chi connectivity index (χ0) is 20.1. The molecule has 1 fully saturated rings. The van der Waals surface area contributed by atoms with Gasteiger partial charge < -0.3 is 18.9 Å². The zero-order valence-electron chi connectivity index (χ0n) is 16.9. The summed E-state index contributed by atoms with van der Waals surface area (Å²) in [7, 11) is 1.66. The average molecular weight is 387 g/mol. The molecule has 1 aliphatic rings. The van der Waals surface area contributed by atoms with Gasteiger partial charge in [-0.15, -0.1) is 0 Å². The number of pyridine rings is 2. The third-order valence-electron chi connectivity index (χ3n) is 5.32. The molecule has 0 unspecified atom stereocenters. The topological polar surface area (TPSA) is 73.7 Å². The Morgan fingerprint density at radius 2 is 2.00 bits per heavy atom. The quantitative estimate of drug-likeness (QED) is 0.681. The van der Waals surface area contributed by atoms with Gasteiger partial charge in [0.05, 0.1) is 18.6 Å². The Bertz CT molecular complexity index is 885. The van der Waals surface area contributed by atoms with Gasteiger partial charge in [0.15, 0.2) is 0 Å². The summed E-state index contributed by atoms with van der Waals surface area (Å²) in [6.07, 6.45) is 3.43. The van der Waals surface area contributed by atoms with E-state index in [1.165, 1.54) is 0 Å². The van der Waals surface area contributed by atoms with Crippen molar-refractivity contribution in [3.05, 3.63) is 39.8 Å². The summed E-state index contributed by atoms with van der Waals surface area (Å²) in [5, 5.41) is 0.500. The summed E-state index contributed by atoms with van der Waals surface area (Å²) in [4.78, 5) is 32.3. The van der Waals surface area contributed by atoms with Crippen LogP contribution in [0.4, 0.5) is 0 Å². The molecule has 7 nitrogen and oxygen atoms in total. The van der Waals surface area contributed by atoms with E-state index in [0.29, 0.717) is 56.4 Å². The minimum absolute atomic E-state index is 0.187. The molecule has 1 aliphatic heterocycles. The number of aryl methyl sites for hydroxylation is 2. The van der Waals surface area contributed by atoms with Crippen molar-refractivity contribution in [2.24, 2.45) is 5.92 Å². The summed E-state index contributed by atoms with van der Waals surface area (Å²) < 4.78 is 12.5. The number of nitrogens with zero attached hydrogens (tertiary/aromatic N) is 3. The number of amides is 1. The molecule has 0 bridgehead atoms. The van der Waals surface area contributed by atoms with E-state index in [-0.39, 0.29) is 16.9 Å². The van der Waals surface area contributed by atoms with Crippen molar-refractivity contribution in [2.75, 3.05) is 40.0 Å². The molecule has 0 spiro atoms. The molecule has 2 aromatic rings. The first-order chi connectivity index (χ1) is 13.5. The van der Waals surface area contributed by atoms with Crippen molar-refractivity contribution in [1.29, 1.82) is 0 Å². The third-order valence-corrected chi connectivity index (χ3v) is 5.32. The van der Waals surface area contributed by atoms with Crippen molar-refractivity contribution >= 4 is 16.9 Å². The van der Waals surface area contributed by atoms with E-state index in [9.17, 15) is 9.59 Å². The molecule has 0 aliphatic carbocycles. The Hall–Kier alpha value is -2.25. The average Bonchev–Trinajstić information content (AvgIpc) is 2.71. The van der Waals surface area contributed by atoms with Crippen molar-refractivity contribution in [2.45, 2.75) is 33.2 Å². The lowest BCUT2D eigenvalue weighted by atomic mass is 9.97. The molecule has 1 amide bonds. The van der Waals surface area contributed by atoms with Gasteiger partial charge in [-0.25, -0.2) is 4.98 Å². The SMILES string of the molecule is CCn1cc(C(=O)N2CCC(COCCOC)CC2)c(=O)c2ccc(C)nc21. The molecule has 3 heterocycles. The van der Waals surface area contributed by atoms with Crippen LogP contribution in [-0.2, 0) is 16.0 Å². The molecular formula is C21H29N3O4. The minimum Gasteiger partial charge on any atom is -0.382 e. The van der Waals surface area contributed by atoms with Crippen molar-refractivity contribution in [3.63, 3.8) is 0 Å². The number of likely N-dealkylation sites (tertiary alicyclic amines) is 1. The van der Waals surface area contributed by atoms with Crippen molar-refractivity contribution < 1.29 is 14.3 Å². The number of hydrogen-bond acceptors (Lipinski definition) is 5. The van der Waals surface area contributed by atoms with Gasteiger partial charge in [0.2, 0.25) is 5.43 Å². The standard InChI is InChI=1S/C21H29N3O4/c1-4-23-13-18(19(25)17-6-5-15(2)22-20(17)23)21(26)24-9-7-16(8-10-24)14-28-12-11-27-3/h5-6,13,16H,4,7-12,14H2,1-3H3. The monoisotopic (exact) mass is 387 g/mol. The van der Waals surface area contributed by atoms with E-state index >= 15 is 0 Å². The van der Waals surface area contributed by atoms with Crippen LogP contribution in [0.1, 0.15) is 35.8 Å². The van der Waals surface area contributed by atoms with Crippen LogP contribution in [0.15, 0.2) is 23.1 Å². The first kappa shape index (κ1) is 20.5. The molecule has 152 valence electrons. The number of carbonyl (C=O) groups is 1. The molecule has 28 heavy (non-hydrogen) atoms. The number of fused-ring (bicyclic) bond motifs is 1. The Labute approximate surface area is 165 Å². The van der Waals surface area contributed by atoms with Gasteiger partial charge in [0.1, 0.15) is 11.2 Å². The normalized spacial score (nSPS) is 15.3. The van der Waals surface area contributed by atoms with Crippen LogP contribution in [0.25, 0.3) is 11.0 Å². The number of rotatable bonds is 7. The molecular weight excluding hydrogens is 358 g/mol. The summed E-state index contributed by atoms with van der Waals surface area (Å²) in [6, 6.07) is 3.58. The largest absolute Gasteiger partial charge is 0.382 e. The first-order valence-electron chi connectivity index (χ1n) is 9.92. The van der Waals surface area contributed by atoms with Gasteiger partial charge in [-0.1, -0.05) is 0 Å². The van der Waals surface area contributed by atoms with Gasteiger partial charge in [-0.3, -0.25) is 9.59 Å². The fourth-order valence-electron chi connectivity index (χ4n) is 3.62. The smallest absolute Gasteiger partial charge is 0.259 e. The predicted octanol–water partition coefficient (Wildman–Crippen LogP) is 2.24. The molecule has 0 radical (unpaired) electrons. The van der Waals surface area contributed by atoms with Crippen LogP contribution in [0.3, 0.4) is 0 Å². The molecule has 0 atom stereocenters. The second-order valence-electron chi connectivity index (χ2n) is 7.29. The number of piperidine rings is 1. The van der Waals surface area contributed by atoms with Crippen LogP contribution >= 0.6 is 0 Å². The Morgan fingerprint density at radius 1 is 1.25 bits per heavy atom. The zero-order valence-corrected chi connectivity index (χ0v) is 16.9. The maximum atomic E-state index is 13.0. The van der Waals surface area contributed by atoms with E-state index < -0.39 is 0 Å². The summed E-state index contributed by atoms with van der Waals surface area (Å²) in [5.41, 5.74) is 1.48. The number of carbonyl (C=O) groups excluding carboxylic acids is 1. The number of aromatic nitrogens is 2. The second kappa shape index (κ2) is 9.30. The summed E-state index contributed by atoms with van der Waals surface area (Å²) in [6.45, 7) is 7.70. The minimum atomic E-state index is -0.234. The van der Waals surface area contributed by atoms with Gasteiger partial charge in [-0.05, 0) is 44.7 Å². The highest BCUT2D eigenvalue weighted by atomic mass is 16.5. The molecule has 3 rings (SSSR count). The third kappa shape index (κ3) is 4.42. The van der Waals surface area contributed by atoms with Gasteiger partial charge >= 0.3 is 0 Å². The lowest BCUT2D eigenvalue weighted by Crippen LogP contribution is -2.41. The predicted molar refractivity (Wildman–Crippen MR) is 108 cm³/mol. The number of ether oxygens (including phenoxy) is 2. The van der Waals surface area contributed by atoms with Crippen LogP contribution in [0.2, 0.25) is 0 Å². The van der Waals surface area contributed by atoms with E-state index in [2.05, 4.69) is 4.98 Å². The van der Waals surface area contributed by atoms with E-state index in [0.717, 1.165) is 18.5 Å². The van der Waals surface area contributed by atoms with Gasteiger partial charge in [-0.2, -0.15) is 0 Å².